The van der Waals surface area contributed by atoms with Gasteiger partial charge in [-0.2, -0.15) is 10.0 Å². The van der Waals surface area contributed by atoms with Gasteiger partial charge < -0.3 is 0 Å². The van der Waals surface area contributed by atoms with E-state index in [9.17, 15) is 0 Å². The van der Waals surface area contributed by atoms with E-state index in [1.54, 1.807) is 0 Å². The monoisotopic (exact) mass is 626 g/mol. The molecule has 6 aromatic rings. The molecule has 0 atom stereocenters. The Balaban J connectivity index is 1.44. The molecule has 0 N–H and O–H groups in total. The summed E-state index contributed by atoms with van der Waals surface area (Å²) >= 11 is 0. The predicted molar refractivity (Wildman–Crippen MR) is 197 cm³/mol. The number of benzene rings is 6. The molecule has 4 bridgehead atoms. The van der Waals surface area contributed by atoms with Gasteiger partial charge in [0.25, 0.3) is 0 Å². The Morgan fingerprint density at radius 2 is 0.511 bits per heavy atom. The quantitative estimate of drug-likeness (QED) is 0.165. The number of rotatable bonds is 7. The van der Waals surface area contributed by atoms with E-state index in [-0.39, 0.29) is 21.0 Å². The van der Waals surface area contributed by atoms with Gasteiger partial charge in [0.2, 0.25) is 0 Å². The molecule has 0 spiro atoms. The smallest absolute Gasteiger partial charge is 0.0145 e. The molecule has 4 fully saturated rings. The van der Waals surface area contributed by atoms with Crippen LogP contribution in [0.3, 0.4) is 0 Å². The molecule has 4 aliphatic rings. The molecule has 4 saturated carbocycles. The van der Waals surface area contributed by atoms with Crippen molar-refractivity contribution in [2.75, 3.05) is 0 Å². The normalized spacial score (nSPS) is 28.2. The summed E-state index contributed by atoms with van der Waals surface area (Å²) < 4.78 is 0.00728. The largest absolute Gasteiger partial charge is 0.154 e. The Hall–Kier alpha value is -4.33. The highest BCUT2D eigenvalue weighted by Gasteiger charge is 2.73. The van der Waals surface area contributed by atoms with Gasteiger partial charge >= 0.3 is 0 Å². The average Bonchev–Trinajstić information content (AvgIpc) is 3.14. The topological polar surface area (TPSA) is 0 Å². The minimum atomic E-state index is -1.77. The number of hydrogen-bond donors (Lipinski definition) is 0. The first-order chi connectivity index (χ1) is 23.1. The molecule has 0 aromatic heterocycles. The summed E-state index contributed by atoms with van der Waals surface area (Å²) in [5.41, 5.74) is 4.76. The van der Waals surface area contributed by atoms with Crippen molar-refractivity contribution in [2.24, 2.45) is 0 Å². The molecule has 0 radical (unpaired) electrons. The minimum Gasteiger partial charge on any atom is -0.154 e. The zero-order chi connectivity index (χ0) is 31.4. The summed E-state index contributed by atoms with van der Waals surface area (Å²) in [6.07, 6.45) is 7.21. The van der Waals surface area contributed by atoms with Crippen LogP contribution in [-0.2, 0) is 16.2 Å². The van der Waals surface area contributed by atoms with Crippen molar-refractivity contribution in [3.05, 3.63) is 199 Å². The average molecular weight is 627 g/mol. The van der Waals surface area contributed by atoms with Crippen molar-refractivity contribution in [2.45, 2.75) is 74.2 Å². The maximum atomic E-state index is 2.47. The fourth-order valence-electron chi connectivity index (χ4n) is 11.2. The van der Waals surface area contributed by atoms with E-state index in [4.69, 9.17) is 0 Å². The van der Waals surface area contributed by atoms with Crippen LogP contribution in [0.4, 0.5) is 0 Å². The van der Waals surface area contributed by atoms with E-state index < -0.39 is 10.0 Å². The molecule has 4 aliphatic carbocycles. The van der Waals surface area contributed by atoms with E-state index in [2.05, 4.69) is 182 Å². The predicted octanol–water partition coefficient (Wildman–Crippen LogP) is 11.9. The van der Waals surface area contributed by atoms with E-state index >= 15 is 0 Å². The Morgan fingerprint density at radius 1 is 0.277 bits per heavy atom. The second-order valence-electron chi connectivity index (χ2n) is 14.7. The van der Waals surface area contributed by atoms with Crippen molar-refractivity contribution in [3.63, 3.8) is 0 Å². The molecule has 0 amide bonds. The third kappa shape index (κ3) is 4.22. The van der Waals surface area contributed by atoms with Gasteiger partial charge in [0.05, 0.1) is 0 Å². The molecule has 47 heavy (non-hydrogen) atoms. The first-order valence-electron chi connectivity index (χ1n) is 17.3. The van der Waals surface area contributed by atoms with Crippen molar-refractivity contribution in [3.8, 4) is 0 Å². The molecule has 0 saturated heterocycles. The van der Waals surface area contributed by atoms with Gasteiger partial charge in [-0.25, -0.2) is 0 Å². The minimum absolute atomic E-state index is 0.00728. The lowest BCUT2D eigenvalue weighted by Crippen LogP contribution is -2.69. The molecular formula is C46H42S. The summed E-state index contributed by atoms with van der Waals surface area (Å²) in [4.78, 5) is 4.48. The maximum Gasteiger partial charge on any atom is 0.0145 e. The summed E-state index contributed by atoms with van der Waals surface area (Å²) in [5.74, 6) is 0. The van der Waals surface area contributed by atoms with Crippen LogP contribution in [-0.4, -0.2) is 4.75 Å². The van der Waals surface area contributed by atoms with E-state index in [1.165, 1.54) is 69.9 Å². The van der Waals surface area contributed by atoms with Gasteiger partial charge in [-0.1, -0.05) is 146 Å². The SMILES string of the molecule is c1ccc(C23CC4(c5ccccc5)CC(c5ccccc5)(C2)CC(S(c2ccccc2)(c2ccccc2)c2ccccc2)(C3)C4)cc1. The molecule has 6 aromatic carbocycles. The highest BCUT2D eigenvalue weighted by Crippen LogP contribution is 2.87. The van der Waals surface area contributed by atoms with Crippen molar-refractivity contribution in [1.82, 2.24) is 0 Å². The zero-order valence-corrected chi connectivity index (χ0v) is 27.8. The number of hydrogen-bond acceptors (Lipinski definition) is 0. The second-order valence-corrected chi connectivity index (χ2v) is 18.2. The standard InChI is InChI=1S/C46H42S/c1-7-19-37(20-8-1)43-31-44(38-21-9-2-10-22-38)33-45(32-43,39-23-11-3-12-24-39)36-46(34-43,35-44)47(40-25-13-4-14-26-40,41-27-15-5-16-28-41)42-29-17-6-18-30-42/h1-30H,31-36H2. The van der Waals surface area contributed by atoms with Gasteiger partial charge in [-0.05, 0) is 123 Å². The fraction of sp³-hybridized carbons (Fsp3) is 0.217. The van der Waals surface area contributed by atoms with Crippen LogP contribution in [0.2, 0.25) is 0 Å². The molecular weight excluding hydrogens is 585 g/mol. The van der Waals surface area contributed by atoms with Crippen molar-refractivity contribution in [1.29, 1.82) is 0 Å². The highest BCUT2D eigenvalue weighted by molar-refractivity contribution is 8.35. The van der Waals surface area contributed by atoms with Crippen LogP contribution in [0.5, 0.6) is 0 Å². The van der Waals surface area contributed by atoms with Crippen LogP contribution in [0.1, 0.15) is 55.2 Å². The molecule has 1 heteroatoms. The molecule has 0 heterocycles. The second kappa shape index (κ2) is 10.9. The van der Waals surface area contributed by atoms with Crippen LogP contribution >= 0.6 is 10.0 Å². The van der Waals surface area contributed by atoms with Gasteiger partial charge in [0.1, 0.15) is 0 Å². The Kier molecular flexibility index (Phi) is 6.67. The molecule has 0 nitrogen and oxygen atoms in total. The highest BCUT2D eigenvalue weighted by atomic mass is 32.3. The third-order valence-corrected chi connectivity index (χ3v) is 16.8. The van der Waals surface area contributed by atoms with E-state index in [0.717, 1.165) is 0 Å². The lowest BCUT2D eigenvalue weighted by atomic mass is 9.36. The maximum absolute atomic E-state index is 2.47. The van der Waals surface area contributed by atoms with Crippen molar-refractivity contribution < 1.29 is 0 Å². The summed E-state index contributed by atoms with van der Waals surface area (Å²) in [7, 11) is -1.77. The Bertz CT molecular complexity index is 1730. The van der Waals surface area contributed by atoms with Gasteiger partial charge in [-0.15, -0.1) is 0 Å². The Labute approximate surface area is 281 Å². The lowest BCUT2D eigenvalue weighted by Gasteiger charge is -2.76. The van der Waals surface area contributed by atoms with Gasteiger partial charge in [-0.3, -0.25) is 0 Å². The summed E-state index contributed by atoms with van der Waals surface area (Å²) in [6, 6.07) is 70.2. The fourth-order valence-corrected chi connectivity index (χ4v) is 16.7. The third-order valence-electron chi connectivity index (χ3n) is 12.1. The Morgan fingerprint density at radius 3 is 0.766 bits per heavy atom. The first kappa shape index (κ1) is 28.9. The lowest BCUT2D eigenvalue weighted by molar-refractivity contribution is -0.0355. The molecule has 10 rings (SSSR count). The summed E-state index contributed by atoms with van der Waals surface area (Å²) in [5, 5.41) is 0. The first-order valence-corrected chi connectivity index (χ1v) is 18.9. The zero-order valence-electron chi connectivity index (χ0n) is 27.0. The van der Waals surface area contributed by atoms with Crippen LogP contribution < -0.4 is 0 Å². The van der Waals surface area contributed by atoms with Crippen LogP contribution in [0.25, 0.3) is 0 Å². The van der Waals surface area contributed by atoms with Crippen LogP contribution in [0.15, 0.2) is 197 Å². The molecule has 232 valence electrons. The summed E-state index contributed by atoms with van der Waals surface area (Å²) in [6.45, 7) is 0. The van der Waals surface area contributed by atoms with Crippen molar-refractivity contribution >= 4 is 10.0 Å². The van der Waals surface area contributed by atoms with Gasteiger partial charge in [0.15, 0.2) is 0 Å². The van der Waals surface area contributed by atoms with Gasteiger partial charge in [0, 0.05) is 4.75 Å². The molecule has 0 unspecified atom stereocenters. The molecule has 0 aliphatic heterocycles. The van der Waals surface area contributed by atoms with Crippen LogP contribution in [0, 0.1) is 0 Å². The van der Waals surface area contributed by atoms with E-state index in [1.807, 2.05) is 0 Å². The van der Waals surface area contributed by atoms with E-state index in [0.29, 0.717) is 0 Å².